The minimum absolute atomic E-state index is 0.214. The highest BCUT2D eigenvalue weighted by atomic mass is 16.5. The SMILES string of the molecule is COCCNc1nc(-c2ccccn2)nc2c1c(-c1ccccc1)nn2-c1cc(-c2ccc(-c3nn(-c4ccccn4)c4nc(-c5ccccn5)nc(O)c34)cc2)ccn1. The van der Waals surface area contributed by atoms with Crippen molar-refractivity contribution >= 4 is 27.9 Å². The molecule has 0 bridgehead atoms. The third-order valence-electron chi connectivity index (χ3n) is 9.79. The first kappa shape index (κ1) is 36.1. The standard InChI is InChI=1S/C45H33N13O2/c1-60-26-25-50-42-36-38(29-11-3-2-4-12-29)55-58(43(36)52-40(51-42)32-13-5-8-21-46-32)35-27-31(20-24-49-35)28-16-18-30(19-17-28)39-37-44(57(56-39)34-15-7-10-23-48-34)53-41(54-45(37)59)33-14-6-9-22-47-33/h2-24,27H,25-26H2,1H3,(H,50,51,52)(H,53,54,59). The molecule has 15 nitrogen and oxygen atoms in total. The highest BCUT2D eigenvalue weighted by Crippen LogP contribution is 2.37. The summed E-state index contributed by atoms with van der Waals surface area (Å²) in [5.41, 5.74) is 6.75. The molecular formula is C45H33N13O2. The number of hydrogen-bond donors (Lipinski definition) is 2. The van der Waals surface area contributed by atoms with E-state index in [1.54, 1.807) is 47.3 Å². The number of anilines is 1. The monoisotopic (exact) mass is 787 g/mol. The number of hydrogen-bond acceptors (Lipinski definition) is 13. The van der Waals surface area contributed by atoms with Crippen molar-refractivity contribution in [3.8, 4) is 74.2 Å². The molecule has 0 radical (unpaired) electrons. The molecule has 10 aromatic rings. The number of nitrogens with zero attached hydrogens (tertiary/aromatic N) is 12. The first-order valence-corrected chi connectivity index (χ1v) is 19.0. The number of fused-ring (bicyclic) bond motifs is 2. The minimum atomic E-state index is -0.214. The van der Waals surface area contributed by atoms with Crippen LogP contribution in [0.5, 0.6) is 5.88 Å². The maximum absolute atomic E-state index is 11.4. The molecule has 0 unspecified atom stereocenters. The highest BCUT2D eigenvalue weighted by molar-refractivity contribution is 6.01. The van der Waals surface area contributed by atoms with Crippen molar-refractivity contribution in [2.45, 2.75) is 0 Å². The van der Waals surface area contributed by atoms with E-state index in [9.17, 15) is 5.11 Å². The van der Waals surface area contributed by atoms with Gasteiger partial charge in [-0.25, -0.2) is 24.9 Å². The van der Waals surface area contributed by atoms with Gasteiger partial charge in [-0.1, -0.05) is 72.8 Å². The van der Waals surface area contributed by atoms with Crippen molar-refractivity contribution < 1.29 is 9.84 Å². The van der Waals surface area contributed by atoms with Crippen LogP contribution in [-0.4, -0.2) is 84.8 Å². The number of ether oxygens (including phenoxy) is 1. The van der Waals surface area contributed by atoms with E-state index in [0.29, 0.717) is 75.9 Å². The van der Waals surface area contributed by atoms with Crippen molar-refractivity contribution in [3.63, 3.8) is 0 Å². The molecule has 2 N–H and O–H groups in total. The highest BCUT2D eigenvalue weighted by Gasteiger charge is 2.24. The Kier molecular flexibility index (Phi) is 9.36. The molecule has 0 saturated heterocycles. The van der Waals surface area contributed by atoms with Crippen molar-refractivity contribution in [2.24, 2.45) is 0 Å². The van der Waals surface area contributed by atoms with Crippen LogP contribution in [0.3, 0.4) is 0 Å². The van der Waals surface area contributed by atoms with Crippen LogP contribution in [-0.2, 0) is 4.74 Å². The van der Waals surface area contributed by atoms with Gasteiger partial charge in [-0.2, -0.15) is 24.5 Å². The van der Waals surface area contributed by atoms with Crippen molar-refractivity contribution in [3.05, 3.63) is 146 Å². The van der Waals surface area contributed by atoms with Gasteiger partial charge in [-0.3, -0.25) is 9.97 Å². The number of methoxy groups -OCH3 is 1. The molecule has 0 aliphatic heterocycles. The Bertz CT molecular complexity index is 3110. The van der Waals surface area contributed by atoms with Gasteiger partial charge in [-0.05, 0) is 59.7 Å². The average molecular weight is 788 g/mol. The Morgan fingerprint density at radius 2 is 1.12 bits per heavy atom. The molecule has 8 heterocycles. The van der Waals surface area contributed by atoms with Crippen molar-refractivity contribution in [1.82, 2.24) is 59.4 Å². The predicted molar refractivity (Wildman–Crippen MR) is 227 cm³/mol. The molecule has 290 valence electrons. The number of benzene rings is 2. The molecular weight excluding hydrogens is 755 g/mol. The van der Waals surface area contributed by atoms with E-state index >= 15 is 0 Å². The topological polar surface area (TPSA) is 180 Å². The lowest BCUT2D eigenvalue weighted by Crippen LogP contribution is -2.10. The van der Waals surface area contributed by atoms with Crippen molar-refractivity contribution in [2.75, 3.05) is 25.6 Å². The van der Waals surface area contributed by atoms with E-state index in [2.05, 4.69) is 25.3 Å². The largest absolute Gasteiger partial charge is 0.493 e. The number of nitrogens with one attached hydrogen (secondary N) is 1. The summed E-state index contributed by atoms with van der Waals surface area (Å²) >= 11 is 0. The Hall–Kier alpha value is -8.30. The van der Waals surface area contributed by atoms with Crippen LogP contribution < -0.4 is 5.32 Å². The van der Waals surface area contributed by atoms with Gasteiger partial charge in [-0.15, -0.1) is 0 Å². The Balaban J connectivity index is 1.07. The molecule has 60 heavy (non-hydrogen) atoms. The van der Waals surface area contributed by atoms with Gasteiger partial charge >= 0.3 is 0 Å². The average Bonchev–Trinajstić information content (AvgIpc) is 3.91. The zero-order valence-corrected chi connectivity index (χ0v) is 32.0. The van der Waals surface area contributed by atoms with Gasteiger partial charge in [0.15, 0.2) is 34.6 Å². The van der Waals surface area contributed by atoms with Gasteiger partial charge in [0.2, 0.25) is 5.88 Å². The molecule has 2 aromatic carbocycles. The number of aromatic nitrogens is 12. The van der Waals surface area contributed by atoms with Crippen LogP contribution in [0.1, 0.15) is 0 Å². The quantitative estimate of drug-likeness (QED) is 0.122. The normalized spacial score (nSPS) is 11.3. The third-order valence-corrected chi connectivity index (χ3v) is 9.79. The summed E-state index contributed by atoms with van der Waals surface area (Å²) in [5, 5.41) is 26.0. The second-order valence-corrected chi connectivity index (χ2v) is 13.6. The predicted octanol–water partition coefficient (Wildman–Crippen LogP) is 7.62. The van der Waals surface area contributed by atoms with Crippen LogP contribution in [0.4, 0.5) is 5.82 Å². The lowest BCUT2D eigenvalue weighted by atomic mass is 10.0. The van der Waals surface area contributed by atoms with Gasteiger partial charge < -0.3 is 15.2 Å². The third kappa shape index (κ3) is 6.69. The lowest BCUT2D eigenvalue weighted by Gasteiger charge is -2.10. The first-order chi connectivity index (χ1) is 29.6. The molecule has 15 heteroatoms. The van der Waals surface area contributed by atoms with E-state index in [0.717, 1.165) is 27.6 Å². The molecule has 0 aliphatic rings. The van der Waals surface area contributed by atoms with Gasteiger partial charge in [0.25, 0.3) is 0 Å². The summed E-state index contributed by atoms with van der Waals surface area (Å²) in [6.45, 7) is 0.997. The number of rotatable bonds is 11. The Morgan fingerprint density at radius 1 is 0.533 bits per heavy atom. The fourth-order valence-electron chi connectivity index (χ4n) is 6.97. The second-order valence-electron chi connectivity index (χ2n) is 13.6. The summed E-state index contributed by atoms with van der Waals surface area (Å²) in [6.07, 6.45) is 6.81. The van der Waals surface area contributed by atoms with Crippen LogP contribution >= 0.6 is 0 Å². The summed E-state index contributed by atoms with van der Waals surface area (Å²) in [5.74, 6) is 2.20. The van der Waals surface area contributed by atoms with Gasteiger partial charge in [0.05, 0.1) is 12.0 Å². The molecule has 0 saturated carbocycles. The number of pyridine rings is 4. The zero-order chi connectivity index (χ0) is 40.4. The Labute approximate surface area is 342 Å². The summed E-state index contributed by atoms with van der Waals surface area (Å²) in [4.78, 5) is 37.5. The fraction of sp³-hybridized carbons (Fsp3) is 0.0667. The fourth-order valence-corrected chi connectivity index (χ4v) is 6.97. The van der Waals surface area contributed by atoms with E-state index < -0.39 is 0 Å². The number of aromatic hydroxyl groups is 1. The molecule has 0 atom stereocenters. The van der Waals surface area contributed by atoms with Crippen LogP contribution in [0.15, 0.2) is 146 Å². The smallest absolute Gasteiger partial charge is 0.226 e. The summed E-state index contributed by atoms with van der Waals surface area (Å²) < 4.78 is 8.72. The van der Waals surface area contributed by atoms with Crippen LogP contribution in [0.2, 0.25) is 0 Å². The lowest BCUT2D eigenvalue weighted by molar-refractivity contribution is 0.210. The maximum atomic E-state index is 11.4. The van der Waals surface area contributed by atoms with E-state index in [4.69, 9.17) is 34.9 Å². The Morgan fingerprint density at radius 3 is 1.78 bits per heavy atom. The minimum Gasteiger partial charge on any atom is -0.493 e. The molecule has 10 rings (SSSR count). The molecule has 8 aromatic heterocycles. The second kappa shape index (κ2) is 15.6. The summed E-state index contributed by atoms with van der Waals surface area (Å²) in [6, 6.07) is 38.4. The molecule has 0 amide bonds. The van der Waals surface area contributed by atoms with E-state index in [-0.39, 0.29) is 11.7 Å². The van der Waals surface area contributed by atoms with Crippen LogP contribution in [0.25, 0.3) is 90.4 Å². The maximum Gasteiger partial charge on any atom is 0.226 e. The van der Waals surface area contributed by atoms with Crippen molar-refractivity contribution in [1.29, 1.82) is 0 Å². The zero-order valence-electron chi connectivity index (χ0n) is 32.0. The molecule has 0 aliphatic carbocycles. The van der Waals surface area contributed by atoms with Gasteiger partial charge in [0, 0.05) is 49.6 Å². The molecule has 0 spiro atoms. The first-order valence-electron chi connectivity index (χ1n) is 19.0. The van der Waals surface area contributed by atoms with Crippen LogP contribution in [0, 0.1) is 0 Å². The van der Waals surface area contributed by atoms with Gasteiger partial charge in [0.1, 0.15) is 34.0 Å². The van der Waals surface area contributed by atoms with E-state index in [1.807, 2.05) is 115 Å². The summed E-state index contributed by atoms with van der Waals surface area (Å²) in [7, 11) is 1.66. The molecule has 0 fully saturated rings. The van der Waals surface area contributed by atoms with E-state index in [1.165, 1.54) is 0 Å².